The summed E-state index contributed by atoms with van der Waals surface area (Å²) in [5.41, 5.74) is 0. The van der Waals surface area contributed by atoms with Gasteiger partial charge in [0.25, 0.3) is 0 Å². The third kappa shape index (κ3) is 59.7. The van der Waals surface area contributed by atoms with E-state index in [1.165, 1.54) is 302 Å². The van der Waals surface area contributed by atoms with Gasteiger partial charge in [-0.05, 0) is 51.4 Å². The largest absolute Gasteiger partial charge is 0.466 e. The maximum atomic E-state index is 12.5. The predicted molar refractivity (Wildman–Crippen MR) is 320 cm³/mol. The van der Waals surface area contributed by atoms with Crippen LogP contribution in [-0.4, -0.2) is 47.4 Å². The van der Waals surface area contributed by atoms with E-state index in [1.807, 2.05) is 0 Å². The lowest BCUT2D eigenvalue weighted by molar-refractivity contribution is -0.143. The van der Waals surface area contributed by atoms with Gasteiger partial charge in [-0.25, -0.2) is 0 Å². The lowest BCUT2D eigenvalue weighted by Gasteiger charge is -2.22. The number of rotatable bonds is 63. The monoisotopic (exact) mass is 1030 g/mol. The molecular weight excluding hydrogens is 899 g/mol. The summed E-state index contributed by atoms with van der Waals surface area (Å²) in [5.74, 6) is -0.0266. The Kier molecular flexibility index (Phi) is 61.9. The molecule has 434 valence electrons. The average Bonchev–Trinajstić information content (AvgIpc) is 3.39. The molecule has 0 spiro atoms. The van der Waals surface area contributed by atoms with Gasteiger partial charge in [0.1, 0.15) is 0 Å². The first kappa shape index (κ1) is 71.6. The fraction of sp³-hybridized carbons (Fsp3) is 0.940. The second-order valence-corrected chi connectivity index (χ2v) is 23.2. The van der Waals surface area contributed by atoms with Crippen LogP contribution in [0.1, 0.15) is 380 Å². The van der Waals surface area contributed by atoms with Crippen LogP contribution in [0.5, 0.6) is 0 Å². The molecule has 73 heavy (non-hydrogen) atoms. The van der Waals surface area contributed by atoms with E-state index in [2.05, 4.69) is 31.3 Å². The van der Waals surface area contributed by atoms with Gasteiger partial charge in [0, 0.05) is 12.8 Å². The normalized spacial score (nSPS) is 12.5. The van der Waals surface area contributed by atoms with Crippen LogP contribution in [0.3, 0.4) is 0 Å². The van der Waals surface area contributed by atoms with E-state index in [1.54, 1.807) is 0 Å². The van der Waals surface area contributed by atoms with Gasteiger partial charge in [-0.2, -0.15) is 0 Å². The molecule has 0 aliphatic heterocycles. The number of esters is 1. The number of amides is 1. The van der Waals surface area contributed by atoms with Gasteiger partial charge < -0.3 is 20.3 Å². The molecule has 0 heterocycles. The number of carbonyl (C=O) groups is 2. The molecule has 1 amide bonds. The smallest absolute Gasteiger partial charge is 0.305 e. The SMILES string of the molecule is CCCCCCCC/C=C\CCCCCCCCCC(=O)OCCCCCCCCCCCCCCCCCCCCCC(=O)NC(CO)C(O)CCCCCCCCCCCCCCCCCCCCCC. The van der Waals surface area contributed by atoms with Gasteiger partial charge >= 0.3 is 5.97 Å². The van der Waals surface area contributed by atoms with Crippen molar-refractivity contribution < 1.29 is 24.5 Å². The summed E-state index contributed by atoms with van der Waals surface area (Å²) in [5, 5.41) is 23.4. The van der Waals surface area contributed by atoms with E-state index in [-0.39, 0.29) is 18.5 Å². The van der Waals surface area contributed by atoms with E-state index >= 15 is 0 Å². The van der Waals surface area contributed by atoms with Crippen molar-refractivity contribution in [2.45, 2.75) is 392 Å². The molecule has 6 nitrogen and oxygen atoms in total. The summed E-state index contributed by atoms with van der Waals surface area (Å²) < 4.78 is 5.50. The Balaban J connectivity index is 3.39. The van der Waals surface area contributed by atoms with E-state index in [9.17, 15) is 19.8 Å². The number of nitrogens with one attached hydrogen (secondary N) is 1. The number of aliphatic hydroxyl groups excluding tert-OH is 2. The third-order valence-corrected chi connectivity index (χ3v) is 15.8. The van der Waals surface area contributed by atoms with Gasteiger partial charge in [-0.15, -0.1) is 0 Å². The number of hydrogen-bond donors (Lipinski definition) is 3. The molecule has 0 bridgehead atoms. The van der Waals surface area contributed by atoms with Crippen molar-refractivity contribution in [3.63, 3.8) is 0 Å². The fourth-order valence-electron chi connectivity index (χ4n) is 10.7. The van der Waals surface area contributed by atoms with Gasteiger partial charge in [0.2, 0.25) is 5.91 Å². The van der Waals surface area contributed by atoms with Crippen molar-refractivity contribution in [2.24, 2.45) is 0 Å². The van der Waals surface area contributed by atoms with Crippen LogP contribution in [0.2, 0.25) is 0 Å². The highest BCUT2D eigenvalue weighted by atomic mass is 16.5. The molecule has 6 heteroatoms. The Morgan fingerprint density at radius 3 is 0.973 bits per heavy atom. The molecular formula is C67H131NO5. The highest BCUT2D eigenvalue weighted by Gasteiger charge is 2.20. The Hall–Kier alpha value is -1.40. The molecule has 0 aromatic heterocycles. The van der Waals surface area contributed by atoms with Crippen molar-refractivity contribution in [2.75, 3.05) is 13.2 Å². The van der Waals surface area contributed by atoms with Crippen LogP contribution in [0.15, 0.2) is 12.2 Å². The zero-order valence-corrected chi connectivity index (χ0v) is 49.6. The molecule has 0 radical (unpaired) electrons. The molecule has 0 fully saturated rings. The Morgan fingerprint density at radius 1 is 0.370 bits per heavy atom. The van der Waals surface area contributed by atoms with Crippen molar-refractivity contribution in [1.82, 2.24) is 5.32 Å². The van der Waals surface area contributed by atoms with Gasteiger partial charge in [0.05, 0.1) is 25.4 Å². The molecule has 0 aliphatic carbocycles. The zero-order chi connectivity index (χ0) is 52.9. The topological polar surface area (TPSA) is 95.9 Å². The highest BCUT2D eigenvalue weighted by molar-refractivity contribution is 5.76. The number of carbonyl (C=O) groups excluding carboxylic acids is 2. The first-order chi connectivity index (χ1) is 36.0. The number of aliphatic hydroxyl groups is 2. The molecule has 0 saturated heterocycles. The van der Waals surface area contributed by atoms with Crippen LogP contribution in [0.4, 0.5) is 0 Å². The minimum atomic E-state index is -0.667. The molecule has 2 atom stereocenters. The third-order valence-electron chi connectivity index (χ3n) is 15.8. The minimum Gasteiger partial charge on any atom is -0.466 e. The van der Waals surface area contributed by atoms with Crippen molar-refractivity contribution >= 4 is 11.9 Å². The molecule has 0 aromatic rings. The van der Waals surface area contributed by atoms with Crippen molar-refractivity contribution in [3.8, 4) is 0 Å². The Labute approximate surface area is 457 Å². The molecule has 0 aliphatic rings. The molecule has 0 saturated carbocycles. The summed E-state index contributed by atoms with van der Waals surface area (Å²) >= 11 is 0. The lowest BCUT2D eigenvalue weighted by atomic mass is 10.0. The van der Waals surface area contributed by atoms with E-state index in [0.29, 0.717) is 25.9 Å². The standard InChI is InChI=1S/C67H131NO5/c1-3-5-7-9-11-13-15-17-19-21-22-24-28-31-35-39-43-47-51-55-59-65(70)64(63-69)68-66(71)60-56-52-48-44-40-36-32-29-25-23-26-30-34-38-42-46-50-54-58-62-73-67(72)61-57-53-49-45-41-37-33-27-20-18-16-14-12-10-8-6-4-2/h18,20,64-65,69-70H,3-17,19,21-63H2,1-2H3,(H,68,71)/b20-18-. The predicted octanol–water partition coefficient (Wildman–Crippen LogP) is 21.2. The van der Waals surface area contributed by atoms with Crippen LogP contribution < -0.4 is 5.32 Å². The maximum absolute atomic E-state index is 12.5. The molecule has 2 unspecified atom stereocenters. The van der Waals surface area contributed by atoms with Gasteiger partial charge in [0.15, 0.2) is 0 Å². The summed E-state index contributed by atoms with van der Waals surface area (Å²) in [6.07, 6.45) is 76.6. The number of unbranched alkanes of at least 4 members (excludes halogenated alkanes) is 50. The van der Waals surface area contributed by atoms with Crippen molar-refractivity contribution in [1.29, 1.82) is 0 Å². The minimum absolute atomic E-state index is 0.00698. The molecule has 0 aromatic carbocycles. The van der Waals surface area contributed by atoms with Crippen molar-refractivity contribution in [3.05, 3.63) is 12.2 Å². The van der Waals surface area contributed by atoms with Crippen LogP contribution in [0, 0.1) is 0 Å². The summed E-state index contributed by atoms with van der Waals surface area (Å²) in [6, 6.07) is -0.544. The first-order valence-corrected chi connectivity index (χ1v) is 33.4. The first-order valence-electron chi connectivity index (χ1n) is 33.4. The lowest BCUT2D eigenvalue weighted by Crippen LogP contribution is -2.45. The Bertz CT molecular complexity index is 1100. The van der Waals surface area contributed by atoms with Gasteiger partial charge in [-0.1, -0.05) is 328 Å². The summed E-state index contributed by atoms with van der Waals surface area (Å²) in [4.78, 5) is 24.6. The second kappa shape index (κ2) is 63.1. The quantitative estimate of drug-likeness (QED) is 0.0320. The average molecular weight is 1030 g/mol. The Morgan fingerprint density at radius 2 is 0.644 bits per heavy atom. The van der Waals surface area contributed by atoms with Crippen LogP contribution in [-0.2, 0) is 14.3 Å². The summed E-state index contributed by atoms with van der Waals surface area (Å²) in [6.45, 7) is 4.98. The zero-order valence-electron chi connectivity index (χ0n) is 49.6. The fourth-order valence-corrected chi connectivity index (χ4v) is 10.7. The maximum Gasteiger partial charge on any atom is 0.305 e. The number of hydrogen-bond acceptors (Lipinski definition) is 5. The summed E-state index contributed by atoms with van der Waals surface area (Å²) in [7, 11) is 0. The van der Waals surface area contributed by atoms with E-state index in [4.69, 9.17) is 4.74 Å². The molecule has 3 N–H and O–H groups in total. The second-order valence-electron chi connectivity index (χ2n) is 23.2. The molecule has 0 rings (SSSR count). The highest BCUT2D eigenvalue weighted by Crippen LogP contribution is 2.19. The van der Waals surface area contributed by atoms with E-state index < -0.39 is 12.1 Å². The van der Waals surface area contributed by atoms with Gasteiger partial charge in [-0.3, -0.25) is 9.59 Å². The van der Waals surface area contributed by atoms with Crippen LogP contribution >= 0.6 is 0 Å². The van der Waals surface area contributed by atoms with E-state index in [0.717, 1.165) is 44.9 Å². The number of ether oxygens (including phenoxy) is 1. The number of allylic oxidation sites excluding steroid dienone is 2. The van der Waals surface area contributed by atoms with Crippen LogP contribution in [0.25, 0.3) is 0 Å².